The van der Waals surface area contributed by atoms with Crippen molar-refractivity contribution in [2.75, 3.05) is 39.3 Å². The van der Waals surface area contributed by atoms with E-state index in [1.165, 1.54) is 12.0 Å². The molecule has 44 heavy (non-hydrogen) atoms. The first-order chi connectivity index (χ1) is 20.9. The second kappa shape index (κ2) is 15.1. The number of nitrogens with zero attached hydrogens (tertiary/aromatic N) is 2. The number of hydrogen-bond donors (Lipinski definition) is 3. The maximum absolute atomic E-state index is 13.8. The Morgan fingerprint density at radius 2 is 1.61 bits per heavy atom. The third-order valence-corrected chi connectivity index (χ3v) is 9.67. The highest BCUT2D eigenvalue weighted by molar-refractivity contribution is 6.35. The van der Waals surface area contributed by atoms with Crippen molar-refractivity contribution in [3.63, 3.8) is 0 Å². The van der Waals surface area contributed by atoms with Gasteiger partial charge in [0, 0.05) is 73.3 Å². The molecule has 2 fully saturated rings. The van der Waals surface area contributed by atoms with Crippen LogP contribution in [0, 0.1) is 0 Å². The second-order valence-electron chi connectivity index (χ2n) is 13.2. The molecule has 240 valence electrons. The van der Waals surface area contributed by atoms with Crippen LogP contribution in [-0.2, 0) is 21.4 Å². The molecule has 1 aliphatic heterocycles. The predicted octanol–water partition coefficient (Wildman–Crippen LogP) is 4.94. The van der Waals surface area contributed by atoms with Crippen molar-refractivity contribution in [3.8, 4) is 0 Å². The molecule has 0 spiro atoms. The van der Waals surface area contributed by atoms with E-state index in [0.29, 0.717) is 48.3 Å². The van der Waals surface area contributed by atoms with Gasteiger partial charge < -0.3 is 21.3 Å². The van der Waals surface area contributed by atoms with Crippen molar-refractivity contribution in [2.45, 2.75) is 82.7 Å². The fourth-order valence-electron chi connectivity index (χ4n) is 6.41. The first-order valence-corrected chi connectivity index (χ1v) is 16.5. The summed E-state index contributed by atoms with van der Waals surface area (Å²) in [5.74, 6) is -0.452. The summed E-state index contributed by atoms with van der Waals surface area (Å²) in [4.78, 5) is 43.8. The molecule has 10 heteroatoms. The van der Waals surface area contributed by atoms with Gasteiger partial charge in [-0.1, -0.05) is 81.4 Å². The molecule has 0 bridgehead atoms. The minimum absolute atomic E-state index is 0.0314. The first-order valence-electron chi connectivity index (χ1n) is 15.8. The van der Waals surface area contributed by atoms with Crippen molar-refractivity contribution in [2.24, 2.45) is 5.73 Å². The molecule has 0 unspecified atom stereocenters. The lowest BCUT2D eigenvalue weighted by Crippen LogP contribution is -2.63. The Bertz CT molecular complexity index is 1300. The third-order valence-electron chi connectivity index (χ3n) is 9.08. The smallest absolute Gasteiger partial charge is 0.251 e. The highest BCUT2D eigenvalue weighted by atomic mass is 35.5. The van der Waals surface area contributed by atoms with Gasteiger partial charge in [-0.15, -0.1) is 0 Å². The normalized spacial score (nSPS) is 18.0. The molecule has 0 radical (unpaired) electrons. The average Bonchev–Trinajstić information content (AvgIpc) is 3.00. The Morgan fingerprint density at radius 3 is 2.20 bits per heavy atom. The standard InChI is InChI=1S/C34H47Cl2N5O3/c1-33(2,3)26-10-7-24(8-11-26)31(43)38-23-34(14-5-4-6-15-34)41-19-17-40(18-20-41)32(44)29(39-30(42)13-16-37)21-25-9-12-27(35)22-28(25)36/h7-12,22,29H,4-6,13-21,23,37H2,1-3H3,(H,38,43)(H,39,42)/t29-/m1/s1. The summed E-state index contributed by atoms with van der Waals surface area (Å²) in [5, 5.41) is 7.10. The second-order valence-corrected chi connectivity index (χ2v) is 14.0. The summed E-state index contributed by atoms with van der Waals surface area (Å²) in [7, 11) is 0. The number of rotatable bonds is 10. The summed E-state index contributed by atoms with van der Waals surface area (Å²) in [6.07, 6.45) is 5.85. The summed E-state index contributed by atoms with van der Waals surface area (Å²) >= 11 is 12.5. The monoisotopic (exact) mass is 643 g/mol. The number of nitrogens with one attached hydrogen (secondary N) is 2. The van der Waals surface area contributed by atoms with Gasteiger partial charge in [0.2, 0.25) is 11.8 Å². The van der Waals surface area contributed by atoms with Crippen molar-refractivity contribution in [1.82, 2.24) is 20.4 Å². The fraction of sp³-hybridized carbons (Fsp3) is 0.559. The average molecular weight is 645 g/mol. The zero-order valence-corrected chi connectivity index (χ0v) is 27.8. The van der Waals surface area contributed by atoms with E-state index in [9.17, 15) is 14.4 Å². The van der Waals surface area contributed by atoms with Crippen LogP contribution in [0.5, 0.6) is 0 Å². The van der Waals surface area contributed by atoms with E-state index in [4.69, 9.17) is 28.9 Å². The Balaban J connectivity index is 1.41. The van der Waals surface area contributed by atoms with Crippen molar-refractivity contribution in [3.05, 3.63) is 69.2 Å². The molecule has 2 aliphatic rings. The van der Waals surface area contributed by atoms with Gasteiger partial charge in [0.1, 0.15) is 6.04 Å². The van der Waals surface area contributed by atoms with Crippen LogP contribution in [-0.4, -0.2) is 78.4 Å². The number of carbonyl (C=O) groups excluding carboxylic acids is 3. The molecule has 4 rings (SSSR count). The van der Waals surface area contributed by atoms with E-state index in [1.807, 2.05) is 29.2 Å². The third kappa shape index (κ3) is 8.75. The van der Waals surface area contributed by atoms with Crippen LogP contribution >= 0.6 is 23.2 Å². The summed E-state index contributed by atoms with van der Waals surface area (Å²) < 4.78 is 0. The van der Waals surface area contributed by atoms with Crippen LogP contribution in [0.1, 0.15) is 80.8 Å². The van der Waals surface area contributed by atoms with Crippen molar-refractivity contribution >= 4 is 40.9 Å². The van der Waals surface area contributed by atoms with Crippen LogP contribution in [0.3, 0.4) is 0 Å². The summed E-state index contributed by atoms with van der Waals surface area (Å²) in [6.45, 7) is 9.75. The first kappa shape index (κ1) is 34.2. The molecule has 3 amide bonds. The number of benzene rings is 2. The van der Waals surface area contributed by atoms with E-state index in [2.05, 4.69) is 36.3 Å². The van der Waals surface area contributed by atoms with E-state index in [0.717, 1.165) is 31.2 Å². The SMILES string of the molecule is CC(C)(C)c1ccc(C(=O)NCC2(N3CCN(C(=O)[C@@H](Cc4ccc(Cl)cc4Cl)NC(=O)CCN)CC3)CCCCC2)cc1. The van der Waals surface area contributed by atoms with E-state index in [-0.39, 0.29) is 48.1 Å². The molecule has 1 saturated carbocycles. The minimum Gasteiger partial charge on any atom is -0.350 e. The number of halogens is 2. The maximum Gasteiger partial charge on any atom is 0.251 e. The van der Waals surface area contributed by atoms with E-state index in [1.54, 1.807) is 18.2 Å². The van der Waals surface area contributed by atoms with Crippen LogP contribution < -0.4 is 16.4 Å². The molecule has 2 aromatic carbocycles. The van der Waals surface area contributed by atoms with Gasteiger partial charge in [-0.05, 0) is 53.6 Å². The van der Waals surface area contributed by atoms with E-state index < -0.39 is 6.04 Å². The van der Waals surface area contributed by atoms with Gasteiger partial charge in [-0.2, -0.15) is 0 Å². The van der Waals surface area contributed by atoms with Gasteiger partial charge in [0.15, 0.2) is 0 Å². The van der Waals surface area contributed by atoms with Gasteiger partial charge in [-0.25, -0.2) is 0 Å². The molecule has 8 nitrogen and oxygen atoms in total. The predicted molar refractivity (Wildman–Crippen MR) is 177 cm³/mol. The number of piperazine rings is 1. The highest BCUT2D eigenvalue weighted by Crippen LogP contribution is 2.34. The number of hydrogen-bond acceptors (Lipinski definition) is 5. The Labute approximate surface area is 272 Å². The van der Waals surface area contributed by atoms with Crippen LogP contribution in [0.2, 0.25) is 10.0 Å². The Hall–Kier alpha value is -2.65. The molecule has 2 aromatic rings. The molecular weight excluding hydrogens is 597 g/mol. The lowest BCUT2D eigenvalue weighted by Gasteiger charge is -2.50. The molecule has 1 atom stereocenters. The van der Waals surface area contributed by atoms with Gasteiger partial charge in [-0.3, -0.25) is 19.3 Å². The number of nitrogens with two attached hydrogens (primary N) is 1. The maximum atomic E-state index is 13.8. The number of carbonyl (C=O) groups is 3. The lowest BCUT2D eigenvalue weighted by atomic mass is 9.79. The molecule has 1 heterocycles. The summed E-state index contributed by atoms with van der Waals surface area (Å²) in [6, 6.07) is 12.3. The molecular formula is C34H47Cl2N5O3. The van der Waals surface area contributed by atoms with Gasteiger partial charge in [0.25, 0.3) is 5.91 Å². The molecule has 1 aliphatic carbocycles. The van der Waals surface area contributed by atoms with Gasteiger partial charge in [0.05, 0.1) is 0 Å². The molecule has 1 saturated heterocycles. The van der Waals surface area contributed by atoms with Crippen molar-refractivity contribution in [1.29, 1.82) is 0 Å². The van der Waals surface area contributed by atoms with Crippen LogP contribution in [0.4, 0.5) is 0 Å². The zero-order chi connectivity index (χ0) is 31.9. The summed E-state index contributed by atoms with van der Waals surface area (Å²) in [5.41, 5.74) is 8.09. The van der Waals surface area contributed by atoms with E-state index >= 15 is 0 Å². The Kier molecular flexibility index (Phi) is 11.7. The van der Waals surface area contributed by atoms with Crippen LogP contribution in [0.15, 0.2) is 42.5 Å². The topological polar surface area (TPSA) is 108 Å². The zero-order valence-electron chi connectivity index (χ0n) is 26.3. The fourth-order valence-corrected chi connectivity index (χ4v) is 6.90. The number of amides is 3. The lowest BCUT2D eigenvalue weighted by molar-refractivity contribution is -0.139. The quantitative estimate of drug-likeness (QED) is 0.340. The molecule has 4 N–H and O–H groups in total. The largest absolute Gasteiger partial charge is 0.350 e. The Morgan fingerprint density at radius 1 is 0.955 bits per heavy atom. The minimum atomic E-state index is -0.758. The van der Waals surface area contributed by atoms with Crippen LogP contribution in [0.25, 0.3) is 0 Å². The van der Waals surface area contributed by atoms with Crippen molar-refractivity contribution < 1.29 is 14.4 Å². The molecule has 0 aromatic heterocycles. The van der Waals surface area contributed by atoms with Gasteiger partial charge >= 0.3 is 0 Å². The highest BCUT2D eigenvalue weighted by Gasteiger charge is 2.41.